The van der Waals surface area contributed by atoms with Crippen LogP contribution in [0.15, 0.2) is 58.7 Å². The summed E-state index contributed by atoms with van der Waals surface area (Å²) in [7, 11) is 0. The van der Waals surface area contributed by atoms with Crippen LogP contribution in [0, 0.1) is 0 Å². The van der Waals surface area contributed by atoms with E-state index in [2.05, 4.69) is 15.3 Å². The number of thiazole rings is 1. The average molecular weight is 370 g/mol. The second kappa shape index (κ2) is 6.66. The zero-order chi connectivity index (χ0) is 17.2. The maximum Gasteiger partial charge on any atom is 0.230 e. The lowest BCUT2D eigenvalue weighted by Crippen LogP contribution is -2.14. The van der Waals surface area contributed by atoms with E-state index in [1.165, 1.54) is 11.3 Å². The quantitative estimate of drug-likeness (QED) is 0.561. The number of rotatable bonds is 4. The molecule has 4 rings (SSSR count). The van der Waals surface area contributed by atoms with E-state index in [0.717, 1.165) is 10.4 Å². The van der Waals surface area contributed by atoms with E-state index in [-0.39, 0.29) is 12.3 Å². The van der Waals surface area contributed by atoms with Gasteiger partial charge in [0.05, 0.1) is 34.6 Å². The van der Waals surface area contributed by atoms with Crippen LogP contribution in [0.25, 0.3) is 21.7 Å². The van der Waals surface area contributed by atoms with Gasteiger partial charge in [0.2, 0.25) is 5.91 Å². The summed E-state index contributed by atoms with van der Waals surface area (Å²) in [4.78, 5) is 21.1. The number of fused-ring (bicyclic) bond motifs is 1. The summed E-state index contributed by atoms with van der Waals surface area (Å²) in [6, 6.07) is 10.8. The molecule has 4 aromatic rings. The van der Waals surface area contributed by atoms with Crippen LogP contribution in [0.2, 0.25) is 5.02 Å². The van der Waals surface area contributed by atoms with Crippen molar-refractivity contribution in [3.05, 3.63) is 65.0 Å². The fourth-order valence-electron chi connectivity index (χ4n) is 2.51. The molecule has 1 aromatic carbocycles. The second-order valence-corrected chi connectivity index (χ2v) is 6.61. The predicted molar refractivity (Wildman–Crippen MR) is 98.9 cm³/mol. The van der Waals surface area contributed by atoms with Gasteiger partial charge in [-0.1, -0.05) is 11.6 Å². The Morgan fingerprint density at radius 2 is 2.16 bits per heavy atom. The van der Waals surface area contributed by atoms with Gasteiger partial charge in [-0.3, -0.25) is 9.78 Å². The Hall–Kier alpha value is -2.70. The van der Waals surface area contributed by atoms with E-state index in [4.69, 9.17) is 16.0 Å². The van der Waals surface area contributed by atoms with E-state index < -0.39 is 0 Å². The Balaban J connectivity index is 1.52. The zero-order valence-corrected chi connectivity index (χ0v) is 14.5. The van der Waals surface area contributed by atoms with Crippen LogP contribution < -0.4 is 5.32 Å². The van der Waals surface area contributed by atoms with Crippen molar-refractivity contribution in [3.63, 3.8) is 0 Å². The summed E-state index contributed by atoms with van der Waals surface area (Å²) in [6.07, 6.45) is 3.45. The summed E-state index contributed by atoms with van der Waals surface area (Å²) in [6.45, 7) is 0. The first-order valence-corrected chi connectivity index (χ1v) is 8.78. The molecule has 3 aromatic heterocycles. The molecule has 5 nitrogen and oxygen atoms in total. The van der Waals surface area contributed by atoms with Gasteiger partial charge in [0, 0.05) is 17.0 Å². The van der Waals surface area contributed by atoms with Gasteiger partial charge in [-0.2, -0.15) is 0 Å². The molecule has 0 saturated carbocycles. The number of halogens is 1. The number of anilines is 1. The van der Waals surface area contributed by atoms with Crippen LogP contribution in [0.1, 0.15) is 5.69 Å². The lowest BCUT2D eigenvalue weighted by Gasteiger charge is -2.08. The molecule has 0 aliphatic rings. The van der Waals surface area contributed by atoms with E-state index >= 15 is 0 Å². The number of nitrogens with one attached hydrogen (secondary N) is 1. The molecule has 0 fully saturated rings. The molecule has 1 N–H and O–H groups in total. The van der Waals surface area contributed by atoms with E-state index in [0.29, 0.717) is 27.7 Å². The van der Waals surface area contributed by atoms with Crippen LogP contribution in [-0.4, -0.2) is 15.9 Å². The molecule has 0 spiro atoms. The van der Waals surface area contributed by atoms with Crippen molar-refractivity contribution in [2.45, 2.75) is 6.42 Å². The summed E-state index contributed by atoms with van der Waals surface area (Å²) < 4.78 is 5.32. The Morgan fingerprint density at radius 3 is 3.00 bits per heavy atom. The van der Waals surface area contributed by atoms with E-state index in [9.17, 15) is 4.79 Å². The van der Waals surface area contributed by atoms with Gasteiger partial charge >= 0.3 is 0 Å². The maximum absolute atomic E-state index is 12.4. The Bertz CT molecular complexity index is 1040. The minimum absolute atomic E-state index is 0.149. The van der Waals surface area contributed by atoms with Crippen molar-refractivity contribution in [3.8, 4) is 10.8 Å². The molecular formula is C18H12ClN3O2S. The number of pyridine rings is 1. The first kappa shape index (κ1) is 15.8. The van der Waals surface area contributed by atoms with Crippen LogP contribution in [0.5, 0.6) is 0 Å². The van der Waals surface area contributed by atoms with E-state index in [1.807, 2.05) is 29.6 Å². The minimum Gasteiger partial charge on any atom is -0.462 e. The van der Waals surface area contributed by atoms with E-state index in [1.54, 1.807) is 24.6 Å². The third kappa shape index (κ3) is 3.26. The van der Waals surface area contributed by atoms with Gasteiger partial charge < -0.3 is 9.73 Å². The highest BCUT2D eigenvalue weighted by Crippen LogP contribution is 2.28. The minimum atomic E-state index is -0.149. The lowest BCUT2D eigenvalue weighted by molar-refractivity contribution is -0.115. The molecule has 0 atom stereocenters. The molecule has 124 valence electrons. The summed E-state index contributed by atoms with van der Waals surface area (Å²) in [5.41, 5.74) is 2.04. The summed E-state index contributed by atoms with van der Waals surface area (Å²) in [5.74, 6) is 0.551. The van der Waals surface area contributed by atoms with Crippen molar-refractivity contribution in [1.82, 2.24) is 9.97 Å². The molecule has 3 heterocycles. The first-order chi connectivity index (χ1) is 12.2. The van der Waals surface area contributed by atoms with Crippen LogP contribution in [-0.2, 0) is 11.2 Å². The molecule has 0 unspecified atom stereocenters. The number of hydrogen-bond acceptors (Lipinski definition) is 5. The molecular weight excluding hydrogens is 358 g/mol. The SMILES string of the molecule is O=C(Cc1csc(-c2ccco2)n1)Nc1ccc(Cl)c2ncccc12. The van der Waals surface area contributed by atoms with Crippen molar-refractivity contribution in [1.29, 1.82) is 0 Å². The molecule has 7 heteroatoms. The highest BCUT2D eigenvalue weighted by atomic mass is 35.5. The molecule has 25 heavy (non-hydrogen) atoms. The van der Waals surface area contributed by atoms with Gasteiger partial charge in [0.25, 0.3) is 0 Å². The molecule has 0 aliphatic carbocycles. The van der Waals surface area contributed by atoms with Crippen molar-refractivity contribution >= 4 is 45.4 Å². The highest BCUT2D eigenvalue weighted by Gasteiger charge is 2.12. The lowest BCUT2D eigenvalue weighted by atomic mass is 10.1. The fraction of sp³-hybridized carbons (Fsp3) is 0.0556. The number of amides is 1. The Kier molecular flexibility index (Phi) is 4.21. The summed E-state index contributed by atoms with van der Waals surface area (Å²) >= 11 is 7.60. The van der Waals surface area contributed by atoms with Crippen molar-refractivity contribution in [2.24, 2.45) is 0 Å². The molecule has 1 amide bonds. The third-order valence-electron chi connectivity index (χ3n) is 3.62. The van der Waals surface area contributed by atoms with Crippen LogP contribution >= 0.6 is 22.9 Å². The third-order valence-corrected chi connectivity index (χ3v) is 4.83. The van der Waals surface area contributed by atoms with Crippen LogP contribution in [0.4, 0.5) is 5.69 Å². The smallest absolute Gasteiger partial charge is 0.230 e. The van der Waals surface area contributed by atoms with Gasteiger partial charge in [0.1, 0.15) is 0 Å². The number of nitrogens with zero attached hydrogens (tertiary/aromatic N) is 2. The highest BCUT2D eigenvalue weighted by molar-refractivity contribution is 7.13. The van der Waals surface area contributed by atoms with Gasteiger partial charge in [0.15, 0.2) is 10.8 Å². The van der Waals surface area contributed by atoms with Crippen molar-refractivity contribution < 1.29 is 9.21 Å². The first-order valence-electron chi connectivity index (χ1n) is 7.52. The molecule has 0 aliphatic heterocycles. The molecule has 0 radical (unpaired) electrons. The fourth-order valence-corrected chi connectivity index (χ4v) is 3.51. The number of carbonyl (C=O) groups is 1. The zero-order valence-electron chi connectivity index (χ0n) is 12.9. The molecule has 0 bridgehead atoms. The number of furan rings is 1. The summed E-state index contributed by atoms with van der Waals surface area (Å²) in [5, 5.41) is 6.88. The van der Waals surface area contributed by atoms with Gasteiger partial charge in [-0.25, -0.2) is 4.98 Å². The molecule has 0 saturated heterocycles. The number of benzene rings is 1. The maximum atomic E-state index is 12.4. The monoisotopic (exact) mass is 369 g/mol. The average Bonchev–Trinajstić information content (AvgIpc) is 3.29. The standard InChI is InChI=1S/C18H12ClN3O2S/c19-13-5-6-14(12-3-1-7-20-17(12)13)22-16(23)9-11-10-25-18(21-11)15-4-2-8-24-15/h1-8,10H,9H2,(H,22,23). The van der Waals surface area contributed by atoms with Crippen LogP contribution in [0.3, 0.4) is 0 Å². The second-order valence-electron chi connectivity index (χ2n) is 5.34. The van der Waals surface area contributed by atoms with Gasteiger partial charge in [-0.05, 0) is 36.4 Å². The largest absolute Gasteiger partial charge is 0.462 e. The number of carbonyl (C=O) groups excluding carboxylic acids is 1. The Morgan fingerprint density at radius 1 is 1.24 bits per heavy atom. The number of hydrogen-bond donors (Lipinski definition) is 1. The normalized spacial score (nSPS) is 10.9. The van der Waals surface area contributed by atoms with Crippen molar-refractivity contribution in [2.75, 3.05) is 5.32 Å². The predicted octanol–water partition coefficient (Wildman–Crippen LogP) is 4.79. The number of aromatic nitrogens is 2. The Labute approximate surface area is 152 Å². The topological polar surface area (TPSA) is 68.0 Å². The van der Waals surface area contributed by atoms with Gasteiger partial charge in [-0.15, -0.1) is 11.3 Å².